The molecule has 0 atom stereocenters. The van der Waals surface area contributed by atoms with E-state index in [1.54, 1.807) is 29.7 Å². The number of fused-ring (bicyclic) bond motifs is 1. The lowest BCUT2D eigenvalue weighted by molar-refractivity contribution is 0.102. The van der Waals surface area contributed by atoms with Crippen molar-refractivity contribution in [3.8, 4) is 11.4 Å². The van der Waals surface area contributed by atoms with Crippen LogP contribution in [-0.2, 0) is 0 Å². The third kappa shape index (κ3) is 4.48. The summed E-state index contributed by atoms with van der Waals surface area (Å²) in [6, 6.07) is 16.5. The number of hydrogen-bond acceptors (Lipinski definition) is 8. The number of nitrogens with one attached hydrogen (secondary N) is 2. The van der Waals surface area contributed by atoms with Crippen LogP contribution in [0.2, 0.25) is 0 Å². The number of aryl methyl sites for hydroxylation is 1. The number of hydrogen-bond donors (Lipinski definition) is 3. The minimum atomic E-state index is -0.275. The third-order valence-electron chi connectivity index (χ3n) is 4.90. The van der Waals surface area contributed by atoms with Crippen LogP contribution in [0.1, 0.15) is 16.1 Å². The fraction of sp³-hybridized carbons (Fsp3) is 0.0417. The number of aromatic nitrogens is 4. The minimum absolute atomic E-state index is 0.275. The van der Waals surface area contributed by atoms with Crippen molar-refractivity contribution in [3.63, 3.8) is 0 Å². The molecule has 0 unspecified atom stereocenters. The standard InChI is InChI=1S/C24H19N7OS/c1-14-5-7-18(13-26-14)28-23-21-19(9-10-33-21)30-22(31-23)15-3-2-4-17(11-15)29-24(32)16-6-8-20(25)27-12-16/h2-13H,1H3,(H2,25,27)(H,29,32)(H,28,30,31). The molecule has 0 saturated carbocycles. The van der Waals surface area contributed by atoms with Crippen molar-refractivity contribution in [1.82, 2.24) is 19.9 Å². The SMILES string of the molecule is Cc1ccc(Nc2nc(-c3cccc(NC(=O)c4ccc(N)nc4)c3)nc3ccsc23)cn1. The van der Waals surface area contributed by atoms with Gasteiger partial charge in [-0.2, -0.15) is 0 Å². The first kappa shape index (κ1) is 20.5. The summed E-state index contributed by atoms with van der Waals surface area (Å²) in [4.78, 5) is 30.4. The number of nitrogens with two attached hydrogens (primary N) is 1. The fourth-order valence-electron chi connectivity index (χ4n) is 3.23. The van der Waals surface area contributed by atoms with E-state index in [1.807, 2.05) is 54.8 Å². The maximum atomic E-state index is 12.6. The van der Waals surface area contributed by atoms with Crippen LogP contribution in [0.25, 0.3) is 21.6 Å². The Balaban J connectivity index is 1.46. The highest BCUT2D eigenvalue weighted by Crippen LogP contribution is 2.31. The second kappa shape index (κ2) is 8.64. The summed E-state index contributed by atoms with van der Waals surface area (Å²) in [6.07, 6.45) is 3.22. The number of benzene rings is 1. The van der Waals surface area contributed by atoms with Crippen LogP contribution in [0.5, 0.6) is 0 Å². The molecule has 1 aromatic carbocycles. The van der Waals surface area contributed by atoms with Crippen molar-refractivity contribution in [2.45, 2.75) is 6.92 Å². The largest absolute Gasteiger partial charge is 0.384 e. The zero-order chi connectivity index (χ0) is 22.8. The molecule has 5 rings (SSSR count). The van der Waals surface area contributed by atoms with Crippen molar-refractivity contribution in [3.05, 3.63) is 83.6 Å². The van der Waals surface area contributed by atoms with Crippen molar-refractivity contribution in [2.24, 2.45) is 0 Å². The van der Waals surface area contributed by atoms with Crippen LogP contribution in [0.4, 0.5) is 23.0 Å². The summed E-state index contributed by atoms with van der Waals surface area (Å²) in [5.74, 6) is 1.34. The molecule has 0 fully saturated rings. The summed E-state index contributed by atoms with van der Waals surface area (Å²) in [7, 11) is 0. The van der Waals surface area contributed by atoms with Gasteiger partial charge in [0.25, 0.3) is 5.91 Å². The van der Waals surface area contributed by atoms with Crippen LogP contribution in [0, 0.1) is 6.92 Å². The molecule has 0 saturated heterocycles. The summed E-state index contributed by atoms with van der Waals surface area (Å²) in [5.41, 5.74) is 10.1. The normalized spacial score (nSPS) is 10.8. The quantitative estimate of drug-likeness (QED) is 0.341. The van der Waals surface area contributed by atoms with Gasteiger partial charge in [0.05, 0.1) is 27.7 Å². The van der Waals surface area contributed by atoms with E-state index in [2.05, 4.69) is 20.6 Å². The number of nitrogen functional groups attached to an aromatic ring is 1. The van der Waals surface area contributed by atoms with E-state index in [1.165, 1.54) is 6.20 Å². The Hall–Kier alpha value is -4.37. The lowest BCUT2D eigenvalue weighted by Gasteiger charge is -2.10. The highest BCUT2D eigenvalue weighted by molar-refractivity contribution is 7.17. The Morgan fingerprint density at radius 3 is 2.67 bits per heavy atom. The zero-order valence-electron chi connectivity index (χ0n) is 17.6. The van der Waals surface area contributed by atoms with Gasteiger partial charge < -0.3 is 16.4 Å². The van der Waals surface area contributed by atoms with E-state index in [0.29, 0.717) is 28.7 Å². The number of carbonyl (C=O) groups is 1. The monoisotopic (exact) mass is 453 g/mol. The summed E-state index contributed by atoms with van der Waals surface area (Å²) < 4.78 is 0.958. The van der Waals surface area contributed by atoms with Gasteiger partial charge in [-0.15, -0.1) is 11.3 Å². The highest BCUT2D eigenvalue weighted by atomic mass is 32.1. The van der Waals surface area contributed by atoms with E-state index in [0.717, 1.165) is 27.2 Å². The second-order valence-corrected chi connectivity index (χ2v) is 8.27. The number of rotatable bonds is 5. The van der Waals surface area contributed by atoms with Gasteiger partial charge in [-0.1, -0.05) is 12.1 Å². The molecule has 1 amide bonds. The van der Waals surface area contributed by atoms with Gasteiger partial charge in [-0.3, -0.25) is 9.78 Å². The van der Waals surface area contributed by atoms with Crippen molar-refractivity contribution in [2.75, 3.05) is 16.4 Å². The molecule has 4 aromatic heterocycles. The number of pyridine rings is 2. The Labute approximate surface area is 193 Å². The van der Waals surface area contributed by atoms with Gasteiger partial charge in [0.15, 0.2) is 11.6 Å². The summed E-state index contributed by atoms with van der Waals surface area (Å²) >= 11 is 1.57. The van der Waals surface area contributed by atoms with Gasteiger partial charge in [0, 0.05) is 23.1 Å². The molecule has 33 heavy (non-hydrogen) atoms. The Morgan fingerprint density at radius 1 is 0.970 bits per heavy atom. The average molecular weight is 454 g/mol. The summed E-state index contributed by atoms with van der Waals surface area (Å²) in [5, 5.41) is 8.22. The topological polar surface area (TPSA) is 119 Å². The van der Waals surface area contributed by atoms with Crippen LogP contribution < -0.4 is 16.4 Å². The molecule has 0 spiro atoms. The molecule has 0 aliphatic heterocycles. The van der Waals surface area contributed by atoms with E-state index in [4.69, 9.17) is 15.7 Å². The molecule has 0 aliphatic carbocycles. The zero-order valence-corrected chi connectivity index (χ0v) is 18.4. The Bertz CT molecular complexity index is 1450. The van der Waals surface area contributed by atoms with Gasteiger partial charge in [0.2, 0.25) is 0 Å². The van der Waals surface area contributed by atoms with Crippen molar-refractivity contribution >= 4 is 50.5 Å². The smallest absolute Gasteiger partial charge is 0.257 e. The molecule has 9 heteroatoms. The number of nitrogens with zero attached hydrogens (tertiary/aromatic N) is 4. The second-order valence-electron chi connectivity index (χ2n) is 7.35. The first-order chi connectivity index (χ1) is 16.0. The molecule has 8 nitrogen and oxygen atoms in total. The first-order valence-electron chi connectivity index (χ1n) is 10.1. The van der Waals surface area contributed by atoms with E-state index >= 15 is 0 Å². The lowest BCUT2D eigenvalue weighted by Crippen LogP contribution is -2.12. The predicted octanol–water partition coefficient (Wildman–Crippen LogP) is 5.03. The van der Waals surface area contributed by atoms with E-state index < -0.39 is 0 Å². The van der Waals surface area contributed by atoms with Crippen molar-refractivity contribution < 1.29 is 4.79 Å². The fourth-order valence-corrected chi connectivity index (χ4v) is 4.01. The number of anilines is 4. The average Bonchev–Trinajstić information content (AvgIpc) is 3.30. The lowest BCUT2D eigenvalue weighted by atomic mass is 10.1. The number of thiophene rings is 1. The van der Waals surface area contributed by atoms with Crippen LogP contribution in [-0.4, -0.2) is 25.8 Å². The minimum Gasteiger partial charge on any atom is -0.384 e. The molecule has 4 heterocycles. The van der Waals surface area contributed by atoms with Gasteiger partial charge >= 0.3 is 0 Å². The molecule has 4 N–H and O–H groups in total. The van der Waals surface area contributed by atoms with Gasteiger partial charge in [-0.05, 0) is 54.8 Å². The molecule has 0 bridgehead atoms. The molecule has 162 valence electrons. The van der Waals surface area contributed by atoms with Gasteiger partial charge in [-0.25, -0.2) is 15.0 Å². The predicted molar refractivity (Wildman–Crippen MR) is 132 cm³/mol. The van der Waals surface area contributed by atoms with Crippen molar-refractivity contribution in [1.29, 1.82) is 0 Å². The molecular formula is C24H19N7OS. The van der Waals surface area contributed by atoms with Crippen LogP contribution >= 0.6 is 11.3 Å². The summed E-state index contributed by atoms with van der Waals surface area (Å²) in [6.45, 7) is 1.94. The van der Waals surface area contributed by atoms with Crippen LogP contribution in [0.3, 0.4) is 0 Å². The number of carbonyl (C=O) groups excluding carboxylic acids is 1. The van der Waals surface area contributed by atoms with Gasteiger partial charge in [0.1, 0.15) is 5.82 Å². The highest BCUT2D eigenvalue weighted by Gasteiger charge is 2.13. The third-order valence-corrected chi connectivity index (χ3v) is 5.82. The Kier molecular flexibility index (Phi) is 5.37. The van der Waals surface area contributed by atoms with Crippen LogP contribution in [0.15, 0.2) is 72.4 Å². The maximum absolute atomic E-state index is 12.6. The molecule has 0 aliphatic rings. The van der Waals surface area contributed by atoms with E-state index in [-0.39, 0.29) is 5.91 Å². The van der Waals surface area contributed by atoms with E-state index in [9.17, 15) is 4.79 Å². The number of amides is 1. The Morgan fingerprint density at radius 2 is 1.88 bits per heavy atom. The molecular weight excluding hydrogens is 434 g/mol. The first-order valence-corrected chi connectivity index (χ1v) is 11.0. The molecule has 5 aromatic rings. The maximum Gasteiger partial charge on any atom is 0.257 e. The molecule has 0 radical (unpaired) electrons.